The van der Waals surface area contributed by atoms with Crippen LogP contribution in [-0.4, -0.2) is 27.3 Å². The Balaban J connectivity index is 1.87. The zero-order valence-electron chi connectivity index (χ0n) is 8.49. The first-order valence-corrected chi connectivity index (χ1v) is 6.73. The maximum absolute atomic E-state index is 11.8. The molecule has 4 nitrogen and oxygen atoms in total. The zero-order valence-corrected chi connectivity index (χ0v) is 10.1. The van der Waals surface area contributed by atoms with Crippen molar-refractivity contribution >= 4 is 41.1 Å². The largest absolute Gasteiger partial charge is 0.477 e. The molecule has 1 aromatic rings. The molecule has 0 aliphatic carbocycles. The molecule has 3 rings (SSSR count). The van der Waals surface area contributed by atoms with Gasteiger partial charge in [0.2, 0.25) is 0 Å². The molecule has 0 bridgehead atoms. The van der Waals surface area contributed by atoms with Crippen molar-refractivity contribution in [3.63, 3.8) is 0 Å². The molecule has 1 amide bonds. The standard InChI is InChI=1S/C11H7NO3S2/c13-9-7(3-6-1-2-16-4-6)10-12(9)8(5-17-10)11(14)15/h1-5,10H,(H,14,15)/b7-3+. The second-order valence-electron chi connectivity index (χ2n) is 3.63. The summed E-state index contributed by atoms with van der Waals surface area (Å²) in [5.74, 6) is -1.26. The van der Waals surface area contributed by atoms with Crippen LogP contribution in [0.4, 0.5) is 0 Å². The van der Waals surface area contributed by atoms with Gasteiger partial charge in [-0.25, -0.2) is 4.79 Å². The highest BCUT2D eigenvalue weighted by Crippen LogP contribution is 2.45. The van der Waals surface area contributed by atoms with Crippen molar-refractivity contribution in [3.8, 4) is 0 Å². The summed E-state index contributed by atoms with van der Waals surface area (Å²) in [6.07, 6.45) is 1.83. The Morgan fingerprint density at radius 2 is 2.35 bits per heavy atom. The first-order valence-electron chi connectivity index (χ1n) is 4.85. The number of thioether (sulfide) groups is 1. The van der Waals surface area contributed by atoms with E-state index in [1.165, 1.54) is 22.1 Å². The fraction of sp³-hybridized carbons (Fsp3) is 0.0909. The third-order valence-corrected chi connectivity index (χ3v) is 4.40. The van der Waals surface area contributed by atoms with Crippen LogP contribution in [0.5, 0.6) is 0 Å². The van der Waals surface area contributed by atoms with Gasteiger partial charge in [0, 0.05) is 5.41 Å². The third-order valence-electron chi connectivity index (χ3n) is 2.62. The van der Waals surface area contributed by atoms with Crippen molar-refractivity contribution in [3.05, 3.63) is 39.1 Å². The van der Waals surface area contributed by atoms with Crippen molar-refractivity contribution < 1.29 is 14.7 Å². The molecule has 1 atom stereocenters. The Bertz CT molecular complexity index is 559. The van der Waals surface area contributed by atoms with Gasteiger partial charge in [0.25, 0.3) is 5.91 Å². The van der Waals surface area contributed by atoms with Gasteiger partial charge in [0.05, 0.1) is 5.57 Å². The molecule has 1 aromatic heterocycles. The first kappa shape index (κ1) is 10.6. The Hall–Kier alpha value is -1.53. The minimum Gasteiger partial charge on any atom is -0.477 e. The maximum Gasteiger partial charge on any atom is 0.353 e. The van der Waals surface area contributed by atoms with Gasteiger partial charge in [-0.1, -0.05) is 0 Å². The highest BCUT2D eigenvalue weighted by Gasteiger charge is 2.49. The second kappa shape index (κ2) is 3.75. The Kier molecular flexibility index (Phi) is 2.34. The SMILES string of the molecule is O=C(O)C1=CSC2/C(=C/c3ccsc3)C(=O)N12. The van der Waals surface area contributed by atoms with Crippen molar-refractivity contribution in [1.29, 1.82) is 0 Å². The van der Waals surface area contributed by atoms with E-state index < -0.39 is 5.97 Å². The average Bonchev–Trinajstić information content (AvgIpc) is 2.93. The number of fused-ring (bicyclic) bond motifs is 1. The van der Waals surface area contributed by atoms with Gasteiger partial charge < -0.3 is 5.11 Å². The van der Waals surface area contributed by atoms with Crippen LogP contribution < -0.4 is 0 Å². The summed E-state index contributed by atoms with van der Waals surface area (Å²) in [5, 5.41) is 14.2. The molecule has 0 spiro atoms. The van der Waals surface area contributed by atoms with E-state index in [4.69, 9.17) is 5.11 Å². The minimum atomic E-state index is -1.05. The summed E-state index contributed by atoms with van der Waals surface area (Å²) in [6, 6.07) is 1.93. The van der Waals surface area contributed by atoms with Gasteiger partial charge in [-0.3, -0.25) is 9.69 Å². The van der Waals surface area contributed by atoms with Gasteiger partial charge in [0.15, 0.2) is 0 Å². The van der Waals surface area contributed by atoms with Gasteiger partial charge in [-0.15, -0.1) is 11.8 Å². The number of carboxylic acid groups (broad SMARTS) is 1. The van der Waals surface area contributed by atoms with Crippen LogP contribution >= 0.6 is 23.1 Å². The van der Waals surface area contributed by atoms with Crippen molar-refractivity contribution in [2.75, 3.05) is 0 Å². The van der Waals surface area contributed by atoms with E-state index in [9.17, 15) is 9.59 Å². The van der Waals surface area contributed by atoms with Crippen molar-refractivity contribution in [2.24, 2.45) is 0 Å². The molecule has 0 saturated carbocycles. The van der Waals surface area contributed by atoms with Crippen molar-refractivity contribution in [1.82, 2.24) is 4.90 Å². The monoisotopic (exact) mass is 265 g/mol. The minimum absolute atomic E-state index is 0.0764. The van der Waals surface area contributed by atoms with E-state index in [0.717, 1.165) is 5.56 Å². The summed E-state index contributed by atoms with van der Waals surface area (Å²) in [5.41, 5.74) is 1.73. The number of carboxylic acids is 1. The highest BCUT2D eigenvalue weighted by molar-refractivity contribution is 8.03. The molecule has 2 aliphatic rings. The Morgan fingerprint density at radius 1 is 1.53 bits per heavy atom. The van der Waals surface area contributed by atoms with E-state index >= 15 is 0 Å². The number of carbonyl (C=O) groups is 2. The number of hydrogen-bond acceptors (Lipinski definition) is 4. The molecule has 1 fully saturated rings. The van der Waals surface area contributed by atoms with E-state index in [1.807, 2.05) is 22.9 Å². The van der Waals surface area contributed by atoms with Gasteiger partial charge in [0.1, 0.15) is 11.1 Å². The summed E-state index contributed by atoms with van der Waals surface area (Å²) < 4.78 is 0. The topological polar surface area (TPSA) is 57.6 Å². The quantitative estimate of drug-likeness (QED) is 0.656. The fourth-order valence-electron chi connectivity index (χ4n) is 1.80. The summed E-state index contributed by atoms with van der Waals surface area (Å²) in [7, 11) is 0. The number of hydrogen-bond donors (Lipinski definition) is 1. The molecule has 0 aromatic carbocycles. The number of nitrogens with zero attached hydrogens (tertiary/aromatic N) is 1. The normalized spacial score (nSPS) is 24.6. The van der Waals surface area contributed by atoms with Crippen LogP contribution in [0.15, 0.2) is 33.5 Å². The number of carbonyl (C=O) groups excluding carboxylic acids is 1. The number of thiophene rings is 1. The van der Waals surface area contributed by atoms with Gasteiger partial charge in [-0.2, -0.15) is 11.3 Å². The van der Waals surface area contributed by atoms with Gasteiger partial charge in [-0.05, 0) is 28.5 Å². The van der Waals surface area contributed by atoms with Crippen LogP contribution in [-0.2, 0) is 9.59 Å². The molecule has 1 saturated heterocycles. The zero-order chi connectivity index (χ0) is 12.0. The van der Waals surface area contributed by atoms with Crippen LogP contribution in [0.25, 0.3) is 6.08 Å². The molecule has 86 valence electrons. The Labute approximate surface area is 105 Å². The predicted octanol–water partition coefficient (Wildman–Crippen LogP) is 1.97. The first-order chi connectivity index (χ1) is 8.18. The van der Waals surface area contributed by atoms with Crippen LogP contribution in [0.1, 0.15) is 5.56 Å². The number of amides is 1. The van der Waals surface area contributed by atoms with E-state index in [-0.39, 0.29) is 17.0 Å². The summed E-state index contributed by atoms with van der Waals surface area (Å²) in [4.78, 5) is 24.0. The lowest BCUT2D eigenvalue weighted by atomic mass is 10.0. The lowest BCUT2D eigenvalue weighted by Gasteiger charge is -2.37. The lowest BCUT2D eigenvalue weighted by molar-refractivity contribution is -0.141. The average molecular weight is 265 g/mol. The maximum atomic E-state index is 11.8. The number of β-lactam (4-membered cyclic amide) rings is 1. The molecule has 17 heavy (non-hydrogen) atoms. The van der Waals surface area contributed by atoms with Crippen LogP contribution in [0.2, 0.25) is 0 Å². The van der Waals surface area contributed by atoms with Crippen LogP contribution in [0.3, 0.4) is 0 Å². The second-order valence-corrected chi connectivity index (χ2v) is 5.36. The molecule has 0 radical (unpaired) electrons. The van der Waals surface area contributed by atoms with Gasteiger partial charge >= 0.3 is 5.97 Å². The number of rotatable bonds is 2. The fourth-order valence-corrected chi connectivity index (χ4v) is 3.54. The van der Waals surface area contributed by atoms with E-state index in [2.05, 4.69) is 0 Å². The van der Waals surface area contributed by atoms with E-state index in [0.29, 0.717) is 5.57 Å². The van der Waals surface area contributed by atoms with Crippen LogP contribution in [0, 0.1) is 0 Å². The highest BCUT2D eigenvalue weighted by atomic mass is 32.2. The Morgan fingerprint density at radius 3 is 3.00 bits per heavy atom. The number of aliphatic carboxylic acids is 1. The molecular formula is C11H7NO3S2. The molecule has 2 aliphatic heterocycles. The molecule has 1 N–H and O–H groups in total. The molecule has 3 heterocycles. The third kappa shape index (κ3) is 1.52. The summed E-state index contributed by atoms with van der Waals surface area (Å²) >= 11 is 2.92. The molecule has 1 unspecified atom stereocenters. The lowest BCUT2D eigenvalue weighted by Crippen LogP contribution is -2.51. The molecular weight excluding hydrogens is 258 g/mol. The summed E-state index contributed by atoms with van der Waals surface area (Å²) in [6.45, 7) is 0. The van der Waals surface area contributed by atoms with Crippen molar-refractivity contribution in [2.45, 2.75) is 5.37 Å². The van der Waals surface area contributed by atoms with E-state index in [1.54, 1.807) is 11.3 Å². The molecule has 6 heteroatoms. The predicted molar refractivity (Wildman–Crippen MR) is 66.2 cm³/mol. The smallest absolute Gasteiger partial charge is 0.353 e.